The maximum Gasteiger partial charge on any atom is 0.254 e. The highest BCUT2D eigenvalue weighted by Crippen LogP contribution is 2.22. The Morgan fingerprint density at radius 2 is 1.92 bits per heavy atom. The van der Waals surface area contributed by atoms with E-state index in [1.54, 1.807) is 29.0 Å². The molecule has 0 spiro atoms. The number of piperidine rings is 1. The molecule has 5 heteroatoms. The molecular formula is C19H22N2O3. The van der Waals surface area contributed by atoms with Gasteiger partial charge in [-0.2, -0.15) is 0 Å². The van der Waals surface area contributed by atoms with Gasteiger partial charge in [-0.05, 0) is 56.2 Å². The Morgan fingerprint density at radius 1 is 1.17 bits per heavy atom. The third-order valence-corrected chi connectivity index (χ3v) is 4.29. The van der Waals surface area contributed by atoms with Crippen LogP contribution in [-0.4, -0.2) is 30.3 Å². The van der Waals surface area contributed by atoms with Crippen molar-refractivity contribution in [3.63, 3.8) is 0 Å². The minimum Gasteiger partial charge on any atom is -0.464 e. The van der Waals surface area contributed by atoms with Crippen molar-refractivity contribution >= 4 is 17.5 Å². The summed E-state index contributed by atoms with van der Waals surface area (Å²) in [5, 5.41) is 0. The molecule has 3 rings (SSSR count). The summed E-state index contributed by atoms with van der Waals surface area (Å²) in [6, 6.07) is 11.0. The Labute approximate surface area is 141 Å². The Balaban J connectivity index is 1.68. The van der Waals surface area contributed by atoms with Gasteiger partial charge in [-0.25, -0.2) is 0 Å². The summed E-state index contributed by atoms with van der Waals surface area (Å²) in [6.45, 7) is 3.06. The van der Waals surface area contributed by atoms with E-state index in [1.807, 2.05) is 31.2 Å². The molecule has 2 aromatic rings. The number of nitrogens with zero attached hydrogens (tertiary/aromatic N) is 2. The molecule has 24 heavy (non-hydrogen) atoms. The van der Waals surface area contributed by atoms with Crippen LogP contribution in [0.5, 0.6) is 0 Å². The van der Waals surface area contributed by atoms with Gasteiger partial charge in [0.1, 0.15) is 11.5 Å². The number of hydrogen-bond acceptors (Lipinski definition) is 3. The lowest BCUT2D eigenvalue weighted by Gasteiger charge is -2.27. The minimum atomic E-state index is -0.0689. The number of carbonyl (C=O) groups is 2. The third kappa shape index (κ3) is 3.50. The Bertz CT molecular complexity index is 733. The van der Waals surface area contributed by atoms with E-state index < -0.39 is 0 Å². The normalized spacial score (nSPS) is 14.8. The van der Waals surface area contributed by atoms with E-state index in [0.717, 1.165) is 36.6 Å². The average molecular weight is 326 g/mol. The van der Waals surface area contributed by atoms with Crippen LogP contribution >= 0.6 is 0 Å². The number of aryl methyl sites for hydroxylation is 1. The van der Waals surface area contributed by atoms with Crippen molar-refractivity contribution < 1.29 is 14.0 Å². The molecule has 1 saturated heterocycles. The molecule has 0 N–H and O–H groups in total. The first-order chi connectivity index (χ1) is 11.5. The van der Waals surface area contributed by atoms with Crippen LogP contribution in [0.3, 0.4) is 0 Å². The van der Waals surface area contributed by atoms with E-state index >= 15 is 0 Å². The zero-order chi connectivity index (χ0) is 17.1. The largest absolute Gasteiger partial charge is 0.464 e. The first-order valence-electron chi connectivity index (χ1n) is 8.26. The predicted octanol–water partition coefficient (Wildman–Crippen LogP) is 3.38. The van der Waals surface area contributed by atoms with Crippen molar-refractivity contribution in [1.82, 2.24) is 4.90 Å². The van der Waals surface area contributed by atoms with E-state index in [-0.39, 0.29) is 11.8 Å². The highest BCUT2D eigenvalue weighted by molar-refractivity contribution is 5.96. The maximum atomic E-state index is 12.5. The molecule has 0 aliphatic carbocycles. The molecule has 1 aromatic carbocycles. The predicted molar refractivity (Wildman–Crippen MR) is 91.9 cm³/mol. The van der Waals surface area contributed by atoms with Gasteiger partial charge in [0.05, 0.1) is 6.54 Å². The van der Waals surface area contributed by atoms with Crippen LogP contribution in [0.1, 0.15) is 41.1 Å². The van der Waals surface area contributed by atoms with Gasteiger partial charge < -0.3 is 14.2 Å². The first-order valence-corrected chi connectivity index (χ1v) is 8.26. The number of anilines is 1. The average Bonchev–Trinajstić information content (AvgIpc) is 2.99. The van der Waals surface area contributed by atoms with Gasteiger partial charge in [0.15, 0.2) is 0 Å². The number of benzene rings is 1. The number of rotatable bonds is 4. The molecule has 0 atom stereocenters. The van der Waals surface area contributed by atoms with Crippen molar-refractivity contribution in [3.8, 4) is 0 Å². The molecule has 2 amide bonds. The Hall–Kier alpha value is -2.56. The van der Waals surface area contributed by atoms with Crippen molar-refractivity contribution in [3.05, 3.63) is 53.5 Å². The monoisotopic (exact) mass is 326 g/mol. The Morgan fingerprint density at radius 3 is 2.54 bits per heavy atom. The van der Waals surface area contributed by atoms with Crippen LogP contribution in [-0.2, 0) is 11.3 Å². The molecule has 1 fully saturated rings. The summed E-state index contributed by atoms with van der Waals surface area (Å²) in [6.07, 6.45) is 2.59. The number of hydrogen-bond donors (Lipinski definition) is 0. The van der Waals surface area contributed by atoms with Crippen molar-refractivity contribution in [2.24, 2.45) is 0 Å². The van der Waals surface area contributed by atoms with Gasteiger partial charge in [0, 0.05) is 31.3 Å². The summed E-state index contributed by atoms with van der Waals surface area (Å²) in [5.41, 5.74) is 1.47. The lowest BCUT2D eigenvalue weighted by molar-refractivity contribution is -0.119. The fraction of sp³-hybridized carbons (Fsp3) is 0.368. The summed E-state index contributed by atoms with van der Waals surface area (Å²) in [7, 11) is 1.75. The smallest absolute Gasteiger partial charge is 0.254 e. The van der Waals surface area contributed by atoms with Crippen LogP contribution in [0.4, 0.5) is 5.69 Å². The second-order valence-electron chi connectivity index (χ2n) is 6.22. The van der Waals surface area contributed by atoms with Crippen molar-refractivity contribution in [1.29, 1.82) is 0 Å². The molecule has 0 radical (unpaired) electrons. The van der Waals surface area contributed by atoms with Crippen LogP contribution in [0.2, 0.25) is 0 Å². The lowest BCUT2D eigenvalue weighted by Crippen LogP contribution is -2.35. The SMILES string of the molecule is Cc1ccc(CN(C)C(=O)c2ccc(N3CCCCC3=O)cc2)o1. The van der Waals surface area contributed by atoms with Crippen LogP contribution < -0.4 is 4.90 Å². The molecular weight excluding hydrogens is 304 g/mol. The molecule has 0 saturated carbocycles. The second kappa shape index (κ2) is 6.91. The highest BCUT2D eigenvalue weighted by atomic mass is 16.3. The number of furan rings is 1. The first kappa shape index (κ1) is 16.3. The fourth-order valence-corrected chi connectivity index (χ4v) is 2.96. The summed E-state index contributed by atoms with van der Waals surface area (Å²) in [4.78, 5) is 27.9. The summed E-state index contributed by atoms with van der Waals surface area (Å²) >= 11 is 0. The zero-order valence-corrected chi connectivity index (χ0v) is 14.1. The van der Waals surface area contributed by atoms with E-state index in [1.165, 1.54) is 0 Å². The minimum absolute atomic E-state index is 0.0689. The van der Waals surface area contributed by atoms with Gasteiger partial charge in [-0.15, -0.1) is 0 Å². The van der Waals surface area contributed by atoms with Gasteiger partial charge in [-0.3, -0.25) is 9.59 Å². The molecule has 1 aliphatic heterocycles. The number of amides is 2. The quantitative estimate of drug-likeness (QED) is 0.865. The standard InChI is InChI=1S/C19H22N2O3/c1-14-6-11-17(24-14)13-20(2)19(23)15-7-9-16(10-8-15)21-12-4-3-5-18(21)22/h6-11H,3-5,12-13H2,1-2H3. The lowest BCUT2D eigenvalue weighted by atomic mass is 10.1. The molecule has 5 nitrogen and oxygen atoms in total. The van der Waals surface area contributed by atoms with Crippen molar-refractivity contribution in [2.75, 3.05) is 18.5 Å². The van der Waals surface area contributed by atoms with Gasteiger partial charge in [0.2, 0.25) is 5.91 Å². The highest BCUT2D eigenvalue weighted by Gasteiger charge is 2.20. The number of carbonyl (C=O) groups excluding carboxylic acids is 2. The zero-order valence-electron chi connectivity index (χ0n) is 14.1. The van der Waals surface area contributed by atoms with Gasteiger partial charge >= 0.3 is 0 Å². The summed E-state index contributed by atoms with van der Waals surface area (Å²) < 4.78 is 5.51. The molecule has 2 heterocycles. The maximum absolute atomic E-state index is 12.5. The van der Waals surface area contributed by atoms with E-state index in [9.17, 15) is 9.59 Å². The Kier molecular flexibility index (Phi) is 4.69. The van der Waals surface area contributed by atoms with Crippen LogP contribution in [0, 0.1) is 6.92 Å². The molecule has 0 bridgehead atoms. The van der Waals surface area contributed by atoms with Gasteiger partial charge in [0.25, 0.3) is 5.91 Å². The molecule has 0 unspecified atom stereocenters. The molecule has 1 aromatic heterocycles. The van der Waals surface area contributed by atoms with E-state index in [4.69, 9.17) is 4.42 Å². The van der Waals surface area contributed by atoms with Crippen molar-refractivity contribution in [2.45, 2.75) is 32.7 Å². The second-order valence-corrected chi connectivity index (χ2v) is 6.22. The van der Waals surface area contributed by atoms with E-state index in [0.29, 0.717) is 18.5 Å². The molecule has 1 aliphatic rings. The van der Waals surface area contributed by atoms with E-state index in [2.05, 4.69) is 0 Å². The third-order valence-electron chi connectivity index (χ3n) is 4.29. The summed E-state index contributed by atoms with van der Waals surface area (Å²) in [5.74, 6) is 1.69. The van der Waals surface area contributed by atoms with Gasteiger partial charge in [-0.1, -0.05) is 0 Å². The van der Waals surface area contributed by atoms with Crippen LogP contribution in [0.15, 0.2) is 40.8 Å². The van der Waals surface area contributed by atoms with Crippen LogP contribution in [0.25, 0.3) is 0 Å². The fourth-order valence-electron chi connectivity index (χ4n) is 2.96. The topological polar surface area (TPSA) is 53.8 Å². The molecule has 126 valence electrons.